The van der Waals surface area contributed by atoms with Gasteiger partial charge >= 0.3 is 0 Å². The number of rotatable bonds is 8. The van der Waals surface area contributed by atoms with Crippen LogP contribution in [0.4, 0.5) is 0 Å². The second-order valence-electron chi connectivity index (χ2n) is 8.88. The first-order valence-corrected chi connectivity index (χ1v) is 13.9. The highest BCUT2D eigenvalue weighted by Gasteiger charge is 2.36. The second kappa shape index (κ2) is 11.5. The highest BCUT2D eigenvalue weighted by molar-refractivity contribution is 9.10. The van der Waals surface area contributed by atoms with Gasteiger partial charge in [0, 0.05) is 5.41 Å². The van der Waals surface area contributed by atoms with Gasteiger partial charge in [0.05, 0.1) is 22.9 Å². The standard InChI is InChI=1S/C30H26BrN3O4S/c1-18-8-7-9-19(2)26(18)37-12-13-38-27-23(31)15-20(16-25(27)36-3)14-22-28(32)34-24(21-10-5-4-6-11-21)17-39-30(34)33-29(22)35/h4-11,14-17,32H,12-13H2,1-3H3. The number of aryl methyl sites for hydroxylation is 2. The zero-order valence-electron chi connectivity index (χ0n) is 21.7. The minimum absolute atomic E-state index is 0.0733. The lowest BCUT2D eigenvalue weighted by Gasteiger charge is -2.27. The van der Waals surface area contributed by atoms with Gasteiger partial charge in [-0.15, -0.1) is 0 Å². The van der Waals surface area contributed by atoms with Crippen molar-refractivity contribution in [2.45, 2.75) is 13.8 Å². The van der Waals surface area contributed by atoms with Crippen LogP contribution in [0.1, 0.15) is 22.3 Å². The maximum absolute atomic E-state index is 12.9. The van der Waals surface area contributed by atoms with E-state index in [1.54, 1.807) is 24.2 Å². The molecule has 0 aromatic heterocycles. The largest absolute Gasteiger partial charge is 0.493 e. The Hall–Kier alpha value is -3.82. The predicted octanol–water partition coefficient (Wildman–Crippen LogP) is 6.84. The van der Waals surface area contributed by atoms with Crippen molar-refractivity contribution in [3.05, 3.63) is 98.4 Å². The second-order valence-corrected chi connectivity index (χ2v) is 10.6. The Morgan fingerprint density at radius 2 is 1.69 bits per heavy atom. The van der Waals surface area contributed by atoms with Crippen LogP contribution in [-0.2, 0) is 4.79 Å². The lowest BCUT2D eigenvalue weighted by molar-refractivity contribution is -0.114. The maximum Gasteiger partial charge on any atom is 0.283 e. The zero-order valence-corrected chi connectivity index (χ0v) is 24.1. The summed E-state index contributed by atoms with van der Waals surface area (Å²) in [6, 6.07) is 19.4. The quantitative estimate of drug-likeness (QED) is 0.224. The van der Waals surface area contributed by atoms with E-state index in [4.69, 9.17) is 19.6 Å². The molecule has 1 amide bonds. The third-order valence-corrected chi connectivity index (χ3v) is 7.65. The number of amidine groups is 2. The fourth-order valence-corrected chi connectivity index (χ4v) is 5.82. The van der Waals surface area contributed by atoms with E-state index in [1.165, 1.54) is 11.8 Å². The van der Waals surface area contributed by atoms with Gasteiger partial charge in [0.2, 0.25) is 0 Å². The molecule has 0 atom stereocenters. The first-order valence-electron chi connectivity index (χ1n) is 12.2. The molecule has 1 N–H and O–H groups in total. The van der Waals surface area contributed by atoms with Gasteiger partial charge in [-0.3, -0.25) is 15.1 Å². The summed E-state index contributed by atoms with van der Waals surface area (Å²) in [5.41, 5.74) is 4.76. The number of methoxy groups -OCH3 is 1. The summed E-state index contributed by atoms with van der Waals surface area (Å²) in [6.45, 7) is 4.70. The molecule has 0 aliphatic carbocycles. The summed E-state index contributed by atoms with van der Waals surface area (Å²) in [5.74, 6) is 1.50. The Morgan fingerprint density at radius 3 is 2.38 bits per heavy atom. The minimum Gasteiger partial charge on any atom is -0.493 e. The van der Waals surface area contributed by atoms with E-state index in [0.717, 1.165) is 28.1 Å². The molecule has 39 heavy (non-hydrogen) atoms. The number of aliphatic imine (C=N–C) groups is 1. The van der Waals surface area contributed by atoms with Gasteiger partial charge in [0.1, 0.15) is 24.8 Å². The number of hydrogen-bond acceptors (Lipinski definition) is 6. The summed E-state index contributed by atoms with van der Waals surface area (Å²) < 4.78 is 18.2. The third-order valence-electron chi connectivity index (χ3n) is 6.23. The molecule has 9 heteroatoms. The molecule has 5 rings (SSSR count). The van der Waals surface area contributed by atoms with Crippen LogP contribution in [-0.4, -0.2) is 42.1 Å². The minimum atomic E-state index is -0.458. The highest BCUT2D eigenvalue weighted by atomic mass is 79.9. The molecule has 0 bridgehead atoms. The highest BCUT2D eigenvalue weighted by Crippen LogP contribution is 2.40. The topological polar surface area (TPSA) is 84.2 Å². The van der Waals surface area contributed by atoms with Crippen LogP contribution in [0.25, 0.3) is 11.8 Å². The first kappa shape index (κ1) is 26.8. The van der Waals surface area contributed by atoms with Crippen LogP contribution in [0.15, 0.2) is 81.1 Å². The van der Waals surface area contributed by atoms with E-state index in [1.807, 2.05) is 73.9 Å². The molecule has 2 aliphatic rings. The molecule has 0 saturated heterocycles. The van der Waals surface area contributed by atoms with Gasteiger partial charge in [-0.1, -0.05) is 60.3 Å². The molecule has 0 radical (unpaired) electrons. The fraction of sp³-hybridized carbons (Fsp3) is 0.167. The molecule has 7 nitrogen and oxygen atoms in total. The van der Waals surface area contributed by atoms with Crippen molar-refractivity contribution in [2.75, 3.05) is 20.3 Å². The van der Waals surface area contributed by atoms with E-state index in [2.05, 4.69) is 20.9 Å². The number of carbonyl (C=O) groups excluding carboxylic acids is 1. The molecule has 198 valence electrons. The van der Waals surface area contributed by atoms with Crippen molar-refractivity contribution >= 4 is 56.4 Å². The van der Waals surface area contributed by atoms with Crippen molar-refractivity contribution in [3.8, 4) is 17.2 Å². The molecule has 2 heterocycles. The number of hydrogen-bond donors (Lipinski definition) is 1. The van der Waals surface area contributed by atoms with Crippen LogP contribution >= 0.6 is 27.7 Å². The summed E-state index contributed by atoms with van der Waals surface area (Å²) in [6.07, 6.45) is 1.65. The van der Waals surface area contributed by atoms with E-state index >= 15 is 0 Å². The summed E-state index contributed by atoms with van der Waals surface area (Å²) in [4.78, 5) is 18.8. The normalized spacial score (nSPS) is 15.7. The Morgan fingerprint density at radius 1 is 1.00 bits per heavy atom. The molecule has 3 aromatic carbocycles. The van der Waals surface area contributed by atoms with Crippen molar-refractivity contribution in [1.82, 2.24) is 4.90 Å². The number of fused-ring (bicyclic) bond motifs is 1. The van der Waals surface area contributed by atoms with Gasteiger partial charge in [0.15, 0.2) is 16.7 Å². The Labute approximate surface area is 239 Å². The summed E-state index contributed by atoms with van der Waals surface area (Å²) >= 11 is 4.91. The number of benzene rings is 3. The number of amides is 1. The van der Waals surface area contributed by atoms with E-state index < -0.39 is 5.91 Å². The molecule has 0 unspecified atom stereocenters. The molecule has 0 fully saturated rings. The Kier molecular flexibility index (Phi) is 7.90. The van der Waals surface area contributed by atoms with Gasteiger partial charge in [-0.2, -0.15) is 4.99 Å². The Balaban J connectivity index is 1.34. The lowest BCUT2D eigenvalue weighted by Crippen LogP contribution is -2.38. The molecule has 3 aromatic rings. The number of halogens is 1. The van der Waals surface area contributed by atoms with Crippen molar-refractivity contribution in [2.24, 2.45) is 4.99 Å². The monoisotopic (exact) mass is 603 g/mol. The van der Waals surface area contributed by atoms with Crippen molar-refractivity contribution < 1.29 is 19.0 Å². The van der Waals surface area contributed by atoms with Crippen molar-refractivity contribution in [1.29, 1.82) is 5.41 Å². The van der Waals surface area contributed by atoms with Crippen molar-refractivity contribution in [3.63, 3.8) is 0 Å². The molecule has 0 saturated carbocycles. The van der Waals surface area contributed by atoms with Crippen LogP contribution in [0, 0.1) is 19.3 Å². The van der Waals surface area contributed by atoms with E-state index in [9.17, 15) is 4.79 Å². The lowest BCUT2D eigenvalue weighted by atomic mass is 10.1. The predicted molar refractivity (Wildman–Crippen MR) is 160 cm³/mol. The van der Waals surface area contributed by atoms with Crippen LogP contribution in [0.5, 0.6) is 17.2 Å². The van der Waals surface area contributed by atoms with Gasteiger partial charge < -0.3 is 14.2 Å². The summed E-state index contributed by atoms with van der Waals surface area (Å²) in [5, 5.41) is 11.3. The number of thioether (sulfide) groups is 1. The van der Waals surface area contributed by atoms with Gasteiger partial charge in [0.25, 0.3) is 5.91 Å². The van der Waals surface area contributed by atoms with Crippen LogP contribution < -0.4 is 14.2 Å². The van der Waals surface area contributed by atoms with E-state index in [-0.39, 0.29) is 11.4 Å². The van der Waals surface area contributed by atoms with Crippen LogP contribution in [0.3, 0.4) is 0 Å². The first-order chi connectivity index (χ1) is 18.9. The number of nitrogens with one attached hydrogen (secondary N) is 1. The van der Waals surface area contributed by atoms with Gasteiger partial charge in [-0.05, 0) is 70.2 Å². The number of ether oxygens (including phenoxy) is 3. The zero-order chi connectivity index (χ0) is 27.5. The number of para-hydroxylation sites is 1. The maximum atomic E-state index is 12.9. The molecular weight excluding hydrogens is 578 g/mol. The molecule has 0 spiro atoms. The number of carbonyl (C=O) groups is 1. The van der Waals surface area contributed by atoms with E-state index in [0.29, 0.717) is 39.9 Å². The molecule has 2 aliphatic heterocycles. The third kappa shape index (κ3) is 5.51. The van der Waals surface area contributed by atoms with Gasteiger partial charge in [-0.25, -0.2) is 0 Å². The average molecular weight is 605 g/mol. The Bertz CT molecular complexity index is 1530. The van der Waals surface area contributed by atoms with Crippen LogP contribution in [0.2, 0.25) is 0 Å². The number of nitrogens with zero attached hydrogens (tertiary/aromatic N) is 2. The fourth-order valence-electron chi connectivity index (χ4n) is 4.36. The summed E-state index contributed by atoms with van der Waals surface area (Å²) in [7, 11) is 1.56. The SMILES string of the molecule is COc1cc(C=C2C(=N)N3C(c4ccccc4)=CSC3=NC2=O)cc(Br)c1OCCOc1c(C)cccc1C. The smallest absolute Gasteiger partial charge is 0.283 e. The molecular formula is C30H26BrN3O4S. The average Bonchev–Trinajstić information content (AvgIpc) is 3.35.